The molecular weight excluding hydrogens is 416 g/mol. The molecule has 0 aliphatic carbocycles. The first-order valence-corrected chi connectivity index (χ1v) is 10.6. The van der Waals surface area contributed by atoms with Crippen LogP contribution >= 0.6 is 22.9 Å². The molecule has 0 unspecified atom stereocenters. The van der Waals surface area contributed by atoms with Crippen molar-refractivity contribution in [2.24, 2.45) is 0 Å². The van der Waals surface area contributed by atoms with E-state index in [0.717, 1.165) is 32.9 Å². The van der Waals surface area contributed by atoms with E-state index in [9.17, 15) is 9.90 Å². The van der Waals surface area contributed by atoms with Gasteiger partial charge in [-0.1, -0.05) is 54.1 Å². The molecule has 0 atom stereocenters. The molecule has 3 nitrogen and oxygen atoms in total. The lowest BCUT2D eigenvalue weighted by molar-refractivity contribution is -0.255. The molecule has 0 saturated heterocycles. The van der Waals surface area contributed by atoms with Crippen molar-refractivity contribution in [1.82, 2.24) is 0 Å². The second-order valence-electron chi connectivity index (χ2n) is 6.90. The minimum Gasteiger partial charge on any atom is -0.545 e. The number of aryl methyl sites for hydroxylation is 1. The predicted molar refractivity (Wildman–Crippen MR) is 120 cm³/mol. The number of aromatic carboxylic acids is 1. The van der Waals surface area contributed by atoms with Gasteiger partial charge in [-0.3, -0.25) is 0 Å². The van der Waals surface area contributed by atoms with Crippen LogP contribution in [0.5, 0.6) is 5.75 Å². The Bertz CT molecular complexity index is 1200. The normalized spacial score (nSPS) is 10.7. The van der Waals surface area contributed by atoms with Gasteiger partial charge in [0.05, 0.1) is 5.97 Å². The first-order chi connectivity index (χ1) is 14.5. The van der Waals surface area contributed by atoms with Gasteiger partial charge in [0.25, 0.3) is 0 Å². The lowest BCUT2D eigenvalue weighted by Crippen LogP contribution is -2.23. The zero-order valence-electron chi connectivity index (χ0n) is 16.2. The van der Waals surface area contributed by atoms with E-state index in [1.807, 2.05) is 72.1 Å². The topological polar surface area (TPSA) is 49.4 Å². The smallest absolute Gasteiger partial charge is 0.127 e. The second kappa shape index (κ2) is 8.74. The van der Waals surface area contributed by atoms with Gasteiger partial charge in [-0.25, -0.2) is 0 Å². The van der Waals surface area contributed by atoms with Gasteiger partial charge in [-0.15, -0.1) is 11.3 Å². The maximum atomic E-state index is 11.2. The highest BCUT2D eigenvalue weighted by molar-refractivity contribution is 7.14. The van der Waals surface area contributed by atoms with Crippen molar-refractivity contribution in [3.63, 3.8) is 0 Å². The number of hydrogen-bond donors (Lipinski definition) is 0. The maximum Gasteiger partial charge on any atom is 0.127 e. The quantitative estimate of drug-likeness (QED) is 0.375. The Labute approximate surface area is 184 Å². The fourth-order valence-corrected chi connectivity index (χ4v) is 4.43. The summed E-state index contributed by atoms with van der Waals surface area (Å²) in [6.07, 6.45) is 0. The summed E-state index contributed by atoms with van der Waals surface area (Å²) >= 11 is 7.89. The minimum absolute atomic E-state index is 0.200. The molecule has 0 aliphatic rings. The molecule has 0 radical (unpaired) electrons. The van der Waals surface area contributed by atoms with Crippen molar-refractivity contribution >= 4 is 28.9 Å². The van der Waals surface area contributed by atoms with Crippen molar-refractivity contribution in [3.8, 4) is 27.3 Å². The van der Waals surface area contributed by atoms with Crippen LogP contribution in [0.15, 0.2) is 78.2 Å². The van der Waals surface area contributed by atoms with E-state index < -0.39 is 5.97 Å². The van der Waals surface area contributed by atoms with Crippen molar-refractivity contribution in [3.05, 3.63) is 99.9 Å². The molecule has 3 aromatic carbocycles. The summed E-state index contributed by atoms with van der Waals surface area (Å²) in [6, 6.07) is 22.9. The van der Waals surface area contributed by atoms with Crippen molar-refractivity contribution in [2.45, 2.75) is 13.5 Å². The second-order valence-corrected chi connectivity index (χ2v) is 8.25. The van der Waals surface area contributed by atoms with Crippen LogP contribution in [-0.4, -0.2) is 5.97 Å². The molecule has 0 aliphatic heterocycles. The molecule has 4 rings (SSSR count). The summed E-state index contributed by atoms with van der Waals surface area (Å²) in [4.78, 5) is 12.3. The predicted octanol–water partition coefficient (Wildman–Crippen LogP) is 5.99. The van der Waals surface area contributed by atoms with E-state index in [1.165, 1.54) is 0 Å². The van der Waals surface area contributed by atoms with Crippen LogP contribution < -0.4 is 9.84 Å². The van der Waals surface area contributed by atoms with Gasteiger partial charge in [-0.05, 0) is 59.3 Å². The molecule has 0 spiro atoms. The molecule has 1 aromatic heterocycles. The summed E-state index contributed by atoms with van der Waals surface area (Å²) < 4.78 is 6.13. The molecular formula is C25H18ClO3S-. The summed E-state index contributed by atoms with van der Waals surface area (Å²) in [5.74, 6) is -0.428. The van der Waals surface area contributed by atoms with E-state index in [4.69, 9.17) is 16.3 Å². The molecule has 0 bridgehead atoms. The Balaban J connectivity index is 1.72. The van der Waals surface area contributed by atoms with Gasteiger partial charge in [0, 0.05) is 26.6 Å². The Morgan fingerprint density at radius 3 is 2.53 bits per heavy atom. The third kappa shape index (κ3) is 4.25. The molecule has 150 valence electrons. The van der Waals surface area contributed by atoms with Gasteiger partial charge < -0.3 is 14.6 Å². The number of thiophene rings is 1. The van der Waals surface area contributed by atoms with E-state index in [2.05, 4.69) is 0 Å². The number of hydrogen-bond acceptors (Lipinski definition) is 4. The number of carboxylic acids is 1. The Morgan fingerprint density at radius 1 is 1.00 bits per heavy atom. The fourth-order valence-electron chi connectivity index (χ4n) is 3.35. The standard InChI is InChI=1S/C25H19ClO3S/c1-16-13-18(7-9-20(16)25(27)28)24-21(11-12-30-24)22-14-19(26)8-10-23(22)29-15-17-5-3-2-4-6-17/h2-14H,15H2,1H3,(H,27,28)/p-1. The average Bonchev–Trinajstić information content (AvgIpc) is 3.23. The average molecular weight is 434 g/mol. The third-order valence-electron chi connectivity index (χ3n) is 4.84. The van der Waals surface area contributed by atoms with Crippen LogP contribution in [0.3, 0.4) is 0 Å². The van der Waals surface area contributed by atoms with Gasteiger partial charge >= 0.3 is 0 Å². The number of halogens is 1. The molecule has 0 amide bonds. The highest BCUT2D eigenvalue weighted by Gasteiger charge is 2.15. The van der Waals surface area contributed by atoms with Crippen LogP contribution in [0.4, 0.5) is 0 Å². The monoisotopic (exact) mass is 433 g/mol. The molecule has 1 heterocycles. The highest BCUT2D eigenvalue weighted by Crippen LogP contribution is 2.42. The lowest BCUT2D eigenvalue weighted by atomic mass is 9.99. The Morgan fingerprint density at radius 2 is 1.80 bits per heavy atom. The van der Waals surface area contributed by atoms with Crippen molar-refractivity contribution in [1.29, 1.82) is 0 Å². The zero-order valence-corrected chi connectivity index (χ0v) is 17.8. The van der Waals surface area contributed by atoms with E-state index in [0.29, 0.717) is 17.2 Å². The largest absolute Gasteiger partial charge is 0.545 e. The zero-order chi connectivity index (χ0) is 21.1. The van der Waals surface area contributed by atoms with Crippen LogP contribution in [0.2, 0.25) is 5.02 Å². The number of carboxylic acid groups (broad SMARTS) is 1. The van der Waals surface area contributed by atoms with Crippen LogP contribution in [0.25, 0.3) is 21.6 Å². The van der Waals surface area contributed by atoms with Crippen LogP contribution in [-0.2, 0) is 6.61 Å². The Kier molecular flexibility index (Phi) is 5.88. The molecule has 0 saturated carbocycles. The molecule has 0 fully saturated rings. The molecule has 5 heteroatoms. The summed E-state index contributed by atoms with van der Waals surface area (Å²) in [5.41, 5.74) is 4.78. The van der Waals surface area contributed by atoms with Crippen LogP contribution in [0, 0.1) is 6.92 Å². The third-order valence-corrected chi connectivity index (χ3v) is 6.04. The number of carbonyl (C=O) groups excluding carboxylic acids is 1. The summed E-state index contributed by atoms with van der Waals surface area (Å²) in [7, 11) is 0. The summed E-state index contributed by atoms with van der Waals surface area (Å²) in [5, 5.41) is 13.9. The van der Waals surface area contributed by atoms with Crippen molar-refractivity contribution < 1.29 is 14.6 Å². The van der Waals surface area contributed by atoms with Crippen LogP contribution in [0.1, 0.15) is 21.5 Å². The van der Waals surface area contributed by atoms with Gasteiger partial charge in [0.15, 0.2) is 0 Å². The minimum atomic E-state index is -1.17. The maximum absolute atomic E-state index is 11.2. The molecule has 4 aromatic rings. The van der Waals surface area contributed by atoms with Gasteiger partial charge in [-0.2, -0.15) is 0 Å². The number of ether oxygens (including phenoxy) is 1. The van der Waals surface area contributed by atoms with Gasteiger partial charge in [0.2, 0.25) is 0 Å². The van der Waals surface area contributed by atoms with Gasteiger partial charge in [0.1, 0.15) is 12.4 Å². The fraction of sp³-hybridized carbons (Fsp3) is 0.0800. The number of benzene rings is 3. The number of rotatable bonds is 6. The first kappa shape index (κ1) is 20.2. The van der Waals surface area contributed by atoms with E-state index in [-0.39, 0.29) is 5.56 Å². The number of carbonyl (C=O) groups is 1. The van der Waals surface area contributed by atoms with E-state index in [1.54, 1.807) is 24.3 Å². The van der Waals surface area contributed by atoms with Crippen molar-refractivity contribution in [2.75, 3.05) is 0 Å². The highest BCUT2D eigenvalue weighted by atomic mass is 35.5. The molecule has 0 N–H and O–H groups in total. The Hall–Kier alpha value is -3.08. The SMILES string of the molecule is Cc1cc(-c2sccc2-c2cc(Cl)ccc2OCc2ccccc2)ccc1C(=O)[O-]. The first-order valence-electron chi connectivity index (χ1n) is 9.39. The van der Waals surface area contributed by atoms with E-state index >= 15 is 0 Å². The summed E-state index contributed by atoms with van der Waals surface area (Å²) in [6.45, 7) is 2.23. The molecule has 30 heavy (non-hydrogen) atoms. The lowest BCUT2D eigenvalue weighted by Gasteiger charge is -2.14.